The molecule has 4 rings (SSSR count). The first-order valence-corrected chi connectivity index (χ1v) is 10.4. The van der Waals surface area contributed by atoms with Crippen LogP contribution in [0.4, 0.5) is 0 Å². The van der Waals surface area contributed by atoms with Gasteiger partial charge in [-0.15, -0.1) is 0 Å². The summed E-state index contributed by atoms with van der Waals surface area (Å²) in [6.45, 7) is 0. The van der Waals surface area contributed by atoms with E-state index in [4.69, 9.17) is 4.74 Å². The summed E-state index contributed by atoms with van der Waals surface area (Å²) in [5, 5.41) is 0. The maximum atomic E-state index is 5.37. The highest BCUT2D eigenvalue weighted by molar-refractivity contribution is 8.08. The summed E-state index contributed by atoms with van der Waals surface area (Å²) in [5.41, 5.74) is 4.80. The van der Waals surface area contributed by atoms with Crippen LogP contribution in [-0.4, -0.2) is 7.11 Å². The predicted molar refractivity (Wildman–Crippen MR) is 124 cm³/mol. The van der Waals surface area contributed by atoms with Crippen LogP contribution in [0, 0.1) is 0 Å². The molecule has 4 aromatic rings. The summed E-state index contributed by atoms with van der Waals surface area (Å²) in [5.74, 6) is 0.860. The number of thioether (sulfide) groups is 1. The van der Waals surface area contributed by atoms with Crippen LogP contribution >= 0.6 is 11.8 Å². The molecule has 0 saturated carbocycles. The summed E-state index contributed by atoms with van der Waals surface area (Å²) in [4.78, 5) is 2.43. The van der Waals surface area contributed by atoms with E-state index in [1.54, 1.807) is 18.9 Å². The minimum atomic E-state index is 0.860. The molecule has 1 nitrogen and oxygen atoms in total. The van der Waals surface area contributed by atoms with E-state index < -0.39 is 0 Å². The van der Waals surface area contributed by atoms with Crippen LogP contribution in [0.5, 0.6) is 5.75 Å². The molecule has 142 valence electrons. The van der Waals surface area contributed by atoms with Crippen molar-refractivity contribution in [1.29, 1.82) is 0 Å². The van der Waals surface area contributed by atoms with Gasteiger partial charge < -0.3 is 4.74 Å². The predicted octanol–water partition coefficient (Wildman–Crippen LogP) is 7.40. The van der Waals surface area contributed by atoms with Gasteiger partial charge >= 0.3 is 0 Å². The summed E-state index contributed by atoms with van der Waals surface area (Å²) in [6.07, 6.45) is 0. The van der Waals surface area contributed by atoms with E-state index in [2.05, 4.69) is 103 Å². The third-order valence-corrected chi connectivity index (χ3v) is 5.82. The molecule has 0 saturated heterocycles. The fraction of sp³-hybridized carbons (Fsp3) is 0.0370. The first-order chi connectivity index (χ1) is 14.3. The number of benzene rings is 4. The Morgan fingerprint density at radius 2 is 1.03 bits per heavy atom. The Kier molecular flexibility index (Phi) is 6.13. The molecule has 0 spiro atoms. The van der Waals surface area contributed by atoms with Crippen molar-refractivity contribution in [1.82, 2.24) is 0 Å². The molecule has 0 radical (unpaired) electrons. The Morgan fingerprint density at radius 1 is 0.552 bits per heavy atom. The second kappa shape index (κ2) is 9.31. The molecule has 0 atom stereocenters. The molecular weight excluding hydrogens is 372 g/mol. The van der Waals surface area contributed by atoms with Crippen molar-refractivity contribution in [3.63, 3.8) is 0 Å². The molecule has 0 aromatic heterocycles. The number of ether oxygens (including phenoxy) is 1. The van der Waals surface area contributed by atoms with Crippen LogP contribution in [0.25, 0.3) is 10.5 Å². The van der Waals surface area contributed by atoms with Crippen molar-refractivity contribution in [2.45, 2.75) is 4.90 Å². The summed E-state index contributed by atoms with van der Waals surface area (Å²) < 4.78 is 5.37. The fourth-order valence-electron chi connectivity index (χ4n) is 3.24. The maximum Gasteiger partial charge on any atom is 0.118 e. The monoisotopic (exact) mass is 394 g/mol. The van der Waals surface area contributed by atoms with Crippen molar-refractivity contribution >= 4 is 22.2 Å². The molecule has 0 aliphatic carbocycles. The van der Waals surface area contributed by atoms with Gasteiger partial charge in [-0.2, -0.15) is 0 Å². The van der Waals surface area contributed by atoms with Gasteiger partial charge in [0.15, 0.2) is 0 Å². The van der Waals surface area contributed by atoms with Crippen molar-refractivity contribution in [2.75, 3.05) is 7.11 Å². The smallest absolute Gasteiger partial charge is 0.118 e. The largest absolute Gasteiger partial charge is 0.497 e. The van der Waals surface area contributed by atoms with E-state index >= 15 is 0 Å². The lowest BCUT2D eigenvalue weighted by Crippen LogP contribution is -1.94. The van der Waals surface area contributed by atoms with Crippen LogP contribution in [-0.2, 0) is 0 Å². The third-order valence-electron chi connectivity index (χ3n) is 4.67. The highest BCUT2D eigenvalue weighted by Gasteiger charge is 2.15. The van der Waals surface area contributed by atoms with Crippen LogP contribution in [0.2, 0.25) is 0 Å². The van der Waals surface area contributed by atoms with Crippen molar-refractivity contribution < 1.29 is 4.74 Å². The summed E-state index contributed by atoms with van der Waals surface area (Å²) in [7, 11) is 1.70. The van der Waals surface area contributed by atoms with Gasteiger partial charge in [0.2, 0.25) is 0 Å². The topological polar surface area (TPSA) is 9.23 Å². The van der Waals surface area contributed by atoms with Gasteiger partial charge in [0, 0.05) is 15.4 Å². The Labute approximate surface area is 176 Å². The van der Waals surface area contributed by atoms with Gasteiger partial charge in [0.05, 0.1) is 7.11 Å². The van der Waals surface area contributed by atoms with Crippen molar-refractivity contribution in [3.05, 3.63) is 132 Å². The molecule has 29 heavy (non-hydrogen) atoms. The molecular formula is C27H22OS. The molecule has 0 unspecified atom stereocenters. The molecule has 0 fully saturated rings. The van der Waals surface area contributed by atoms with Gasteiger partial charge in [-0.1, -0.05) is 103 Å². The number of hydrogen-bond acceptors (Lipinski definition) is 2. The molecule has 0 aliphatic heterocycles. The zero-order chi connectivity index (χ0) is 19.9. The van der Waals surface area contributed by atoms with Crippen LogP contribution < -0.4 is 4.74 Å². The molecule has 0 amide bonds. The SMILES string of the molecule is COc1ccc(C(Sc2ccccc2)=C(c2ccccc2)c2ccccc2)cc1. The van der Waals surface area contributed by atoms with Crippen LogP contribution in [0.3, 0.4) is 0 Å². The average Bonchev–Trinajstić information content (AvgIpc) is 2.81. The Hall–Kier alpha value is -3.23. The zero-order valence-corrected chi connectivity index (χ0v) is 17.1. The Bertz CT molecular complexity index is 1030. The van der Waals surface area contributed by atoms with E-state index in [1.165, 1.54) is 32.1 Å². The highest BCUT2D eigenvalue weighted by atomic mass is 32.2. The molecule has 4 aromatic carbocycles. The lowest BCUT2D eigenvalue weighted by molar-refractivity contribution is 0.415. The summed E-state index contributed by atoms with van der Waals surface area (Å²) >= 11 is 1.79. The van der Waals surface area contributed by atoms with Gasteiger partial charge in [-0.05, 0) is 41.0 Å². The standard InChI is InChI=1S/C27H22OS/c1-28-24-19-17-23(18-20-24)27(29-25-15-9-4-10-16-25)26(21-11-5-2-6-12-21)22-13-7-3-8-14-22/h2-20H,1H3. The summed E-state index contributed by atoms with van der Waals surface area (Å²) in [6, 6.07) is 40.0. The zero-order valence-electron chi connectivity index (χ0n) is 16.3. The second-order valence-electron chi connectivity index (χ2n) is 6.58. The van der Waals surface area contributed by atoms with Crippen molar-refractivity contribution in [2.24, 2.45) is 0 Å². The Balaban J connectivity index is 1.96. The van der Waals surface area contributed by atoms with Crippen molar-refractivity contribution in [3.8, 4) is 5.75 Å². The van der Waals surface area contributed by atoms with E-state index in [0.717, 1.165) is 5.75 Å². The van der Waals surface area contributed by atoms with Gasteiger partial charge in [-0.3, -0.25) is 0 Å². The van der Waals surface area contributed by atoms with E-state index in [0.29, 0.717) is 0 Å². The molecule has 0 heterocycles. The lowest BCUT2D eigenvalue weighted by atomic mass is 9.95. The van der Waals surface area contributed by atoms with Crippen LogP contribution in [0.1, 0.15) is 16.7 Å². The highest BCUT2D eigenvalue weighted by Crippen LogP contribution is 2.43. The average molecular weight is 395 g/mol. The first-order valence-electron chi connectivity index (χ1n) is 9.57. The number of hydrogen-bond donors (Lipinski definition) is 0. The molecule has 0 bridgehead atoms. The van der Waals surface area contributed by atoms with Gasteiger partial charge in [0.1, 0.15) is 5.75 Å². The fourth-order valence-corrected chi connectivity index (χ4v) is 4.36. The third kappa shape index (κ3) is 4.61. The minimum Gasteiger partial charge on any atom is -0.497 e. The molecule has 2 heteroatoms. The molecule has 0 N–H and O–H groups in total. The quantitative estimate of drug-likeness (QED) is 0.249. The van der Waals surface area contributed by atoms with Gasteiger partial charge in [0.25, 0.3) is 0 Å². The minimum absolute atomic E-state index is 0.860. The van der Waals surface area contributed by atoms with E-state index in [-0.39, 0.29) is 0 Å². The Morgan fingerprint density at radius 3 is 1.52 bits per heavy atom. The number of rotatable bonds is 6. The van der Waals surface area contributed by atoms with Gasteiger partial charge in [-0.25, -0.2) is 0 Å². The first kappa shape index (κ1) is 19.1. The van der Waals surface area contributed by atoms with E-state index in [9.17, 15) is 0 Å². The molecule has 0 aliphatic rings. The number of methoxy groups -OCH3 is 1. The maximum absolute atomic E-state index is 5.37. The lowest BCUT2D eigenvalue weighted by Gasteiger charge is -2.17. The van der Waals surface area contributed by atoms with Crippen LogP contribution in [0.15, 0.2) is 120 Å². The normalized spacial score (nSPS) is 10.4. The second-order valence-corrected chi connectivity index (χ2v) is 7.66. The van der Waals surface area contributed by atoms with E-state index in [1.807, 2.05) is 12.1 Å².